The molecule has 0 aliphatic heterocycles. The summed E-state index contributed by atoms with van der Waals surface area (Å²) in [6, 6.07) is -0.902. The summed E-state index contributed by atoms with van der Waals surface area (Å²) in [5.74, 6) is -0.197. The highest BCUT2D eigenvalue weighted by molar-refractivity contribution is 7.45. The van der Waals surface area contributed by atoms with Gasteiger partial charge < -0.3 is 28.8 Å². The minimum atomic E-state index is -4.61. The molecular weight excluding hydrogens is 1080 g/mol. The minimum absolute atomic E-state index is 0.00329. The second kappa shape index (κ2) is 68.3. The van der Waals surface area contributed by atoms with E-state index < -0.39 is 20.0 Å². The van der Waals surface area contributed by atoms with Crippen molar-refractivity contribution in [2.24, 2.45) is 0 Å². The van der Waals surface area contributed by atoms with E-state index in [2.05, 4.69) is 31.3 Å². The van der Waals surface area contributed by atoms with E-state index in [4.69, 9.17) is 9.05 Å². The Labute approximate surface area is 538 Å². The molecule has 0 bridgehead atoms. The van der Waals surface area contributed by atoms with Crippen molar-refractivity contribution in [2.75, 3.05) is 40.9 Å². The topological polar surface area (TPSA) is 108 Å². The normalized spacial score (nSPS) is 13.6. The van der Waals surface area contributed by atoms with Gasteiger partial charge >= 0.3 is 0 Å². The number of nitrogens with one attached hydrogen (secondary N) is 1. The third kappa shape index (κ3) is 70.4. The third-order valence-electron chi connectivity index (χ3n) is 18.2. The molecule has 3 unspecified atom stereocenters. The average molecular weight is 1230 g/mol. The number of rotatable bonds is 73. The average Bonchev–Trinajstić information content (AvgIpc) is 3.70. The van der Waals surface area contributed by atoms with E-state index >= 15 is 0 Å². The molecule has 8 nitrogen and oxygen atoms in total. The summed E-state index contributed by atoms with van der Waals surface area (Å²) in [4.78, 5) is 25.7. The fraction of sp³-hybridized carbons (Fsp3) is 0.935. The van der Waals surface area contributed by atoms with Crippen molar-refractivity contribution in [1.82, 2.24) is 5.32 Å². The number of hydrogen-bond acceptors (Lipinski definition) is 6. The number of hydrogen-bond donors (Lipinski definition) is 2. The predicted molar refractivity (Wildman–Crippen MR) is 376 cm³/mol. The molecule has 9 heteroatoms. The number of nitrogens with zero attached hydrogens (tertiary/aromatic N) is 1. The smallest absolute Gasteiger partial charge is 0.268 e. The number of aliphatic hydroxyl groups excluding tert-OH is 1. The van der Waals surface area contributed by atoms with Gasteiger partial charge in [-0.25, -0.2) is 0 Å². The monoisotopic (exact) mass is 1230 g/mol. The number of phosphoric acid groups is 1. The number of carbonyl (C=O) groups is 1. The van der Waals surface area contributed by atoms with Crippen molar-refractivity contribution in [3.8, 4) is 0 Å². The Balaban J connectivity index is 3.98. The molecule has 0 heterocycles. The van der Waals surface area contributed by atoms with Crippen LogP contribution in [-0.2, 0) is 18.4 Å². The third-order valence-corrected chi connectivity index (χ3v) is 19.1. The van der Waals surface area contributed by atoms with Gasteiger partial charge in [-0.15, -0.1) is 0 Å². The van der Waals surface area contributed by atoms with Gasteiger partial charge in [-0.3, -0.25) is 9.36 Å². The highest BCUT2D eigenvalue weighted by atomic mass is 31.2. The minimum Gasteiger partial charge on any atom is -0.756 e. The first-order valence-electron chi connectivity index (χ1n) is 38.7. The van der Waals surface area contributed by atoms with Gasteiger partial charge in [0.2, 0.25) is 5.91 Å². The van der Waals surface area contributed by atoms with Crippen molar-refractivity contribution in [3.05, 3.63) is 24.3 Å². The van der Waals surface area contributed by atoms with Crippen LogP contribution in [0.15, 0.2) is 24.3 Å². The summed E-state index contributed by atoms with van der Waals surface area (Å²) in [5.41, 5.74) is 0. The molecule has 512 valence electrons. The van der Waals surface area contributed by atoms with Crippen LogP contribution in [0.4, 0.5) is 0 Å². The molecular formula is C77H153N2O6P. The molecule has 0 rings (SSSR count). The number of allylic oxidation sites excluding steroid dienone is 3. The van der Waals surface area contributed by atoms with Gasteiger partial charge in [-0.05, 0) is 32.1 Å². The number of unbranched alkanes of at least 4 members (excludes halogenated alkanes) is 58. The van der Waals surface area contributed by atoms with E-state index in [0.29, 0.717) is 17.4 Å². The number of phosphoric ester groups is 1. The van der Waals surface area contributed by atoms with Crippen LogP contribution in [0.25, 0.3) is 0 Å². The lowest BCUT2D eigenvalue weighted by molar-refractivity contribution is -0.870. The van der Waals surface area contributed by atoms with E-state index in [1.165, 1.54) is 353 Å². The highest BCUT2D eigenvalue weighted by Gasteiger charge is 2.23. The lowest BCUT2D eigenvalue weighted by Gasteiger charge is -2.29. The number of quaternary nitrogens is 1. The maximum absolute atomic E-state index is 13.1. The molecule has 0 aliphatic carbocycles. The summed E-state index contributed by atoms with van der Waals surface area (Å²) in [6.45, 7) is 4.71. The van der Waals surface area contributed by atoms with Gasteiger partial charge in [0, 0.05) is 6.42 Å². The van der Waals surface area contributed by atoms with Crippen molar-refractivity contribution in [2.45, 2.75) is 424 Å². The van der Waals surface area contributed by atoms with Gasteiger partial charge in [-0.1, -0.05) is 398 Å². The van der Waals surface area contributed by atoms with E-state index in [1.807, 2.05) is 27.2 Å². The van der Waals surface area contributed by atoms with Gasteiger partial charge in [0.15, 0.2) is 0 Å². The van der Waals surface area contributed by atoms with Crippen LogP contribution in [0.1, 0.15) is 412 Å². The molecule has 0 aromatic rings. The summed E-state index contributed by atoms with van der Waals surface area (Å²) in [7, 11) is 1.27. The highest BCUT2D eigenvalue weighted by Crippen LogP contribution is 2.38. The lowest BCUT2D eigenvalue weighted by Crippen LogP contribution is -2.45. The molecule has 0 aliphatic rings. The number of amides is 1. The number of aliphatic hydroxyl groups is 1. The molecule has 0 fully saturated rings. The van der Waals surface area contributed by atoms with Crippen molar-refractivity contribution in [1.29, 1.82) is 0 Å². The Bertz CT molecular complexity index is 1450. The maximum atomic E-state index is 13.1. The Morgan fingerprint density at radius 3 is 0.942 bits per heavy atom. The van der Waals surface area contributed by atoms with E-state index in [1.54, 1.807) is 6.08 Å². The predicted octanol–water partition coefficient (Wildman–Crippen LogP) is 24.4. The van der Waals surface area contributed by atoms with Gasteiger partial charge in [0.25, 0.3) is 7.82 Å². The standard InChI is InChI=1S/C77H153N2O6P/c1-6-8-10-12-14-16-18-20-22-24-26-28-30-32-34-36-37-38-39-40-41-43-45-47-49-51-53-55-57-59-61-63-65-67-69-71-77(81)78-75(74-85-86(82,83)84-73-72-79(3,4)5)76(80)70-68-66-64-62-60-58-56-54-52-50-48-46-44-42-35-33-31-29-27-25-23-21-19-17-15-13-11-9-7-2/h60,62,68,70,75-76,80H,6-59,61,63-67,69,71-74H2,1-5H3,(H-,78,81,82,83)/b62-60+,70-68+. The molecule has 0 radical (unpaired) electrons. The van der Waals surface area contributed by atoms with E-state index in [0.717, 1.165) is 38.5 Å². The zero-order chi connectivity index (χ0) is 62.6. The van der Waals surface area contributed by atoms with Crippen molar-refractivity contribution >= 4 is 13.7 Å². The first-order valence-corrected chi connectivity index (χ1v) is 40.2. The second-order valence-electron chi connectivity index (χ2n) is 28.1. The number of likely N-dealkylation sites (N-methyl/N-ethyl adjacent to an activating group) is 1. The van der Waals surface area contributed by atoms with Gasteiger partial charge in [0.1, 0.15) is 13.2 Å². The maximum Gasteiger partial charge on any atom is 0.268 e. The first kappa shape index (κ1) is 85.0. The molecule has 3 atom stereocenters. The molecule has 0 saturated carbocycles. The molecule has 0 aromatic carbocycles. The fourth-order valence-electron chi connectivity index (χ4n) is 12.2. The van der Waals surface area contributed by atoms with Crippen LogP contribution >= 0.6 is 7.82 Å². The quantitative estimate of drug-likeness (QED) is 0.0272. The first-order chi connectivity index (χ1) is 42.0. The molecule has 86 heavy (non-hydrogen) atoms. The molecule has 0 aromatic heterocycles. The Morgan fingerprint density at radius 2 is 0.651 bits per heavy atom. The van der Waals surface area contributed by atoms with Gasteiger partial charge in [0.05, 0.1) is 39.9 Å². The van der Waals surface area contributed by atoms with Crippen LogP contribution in [0.3, 0.4) is 0 Å². The largest absolute Gasteiger partial charge is 0.756 e. The second-order valence-corrected chi connectivity index (χ2v) is 29.5. The lowest BCUT2D eigenvalue weighted by atomic mass is 10.0. The Kier molecular flexibility index (Phi) is 67.5. The van der Waals surface area contributed by atoms with Crippen LogP contribution in [0, 0.1) is 0 Å². The van der Waals surface area contributed by atoms with Crippen LogP contribution in [0.2, 0.25) is 0 Å². The zero-order valence-electron chi connectivity index (χ0n) is 58.8. The molecule has 0 spiro atoms. The molecule has 0 saturated heterocycles. The van der Waals surface area contributed by atoms with Gasteiger partial charge in [-0.2, -0.15) is 0 Å². The molecule has 1 amide bonds. The fourth-order valence-corrected chi connectivity index (χ4v) is 12.9. The van der Waals surface area contributed by atoms with E-state index in [-0.39, 0.29) is 19.1 Å². The van der Waals surface area contributed by atoms with Crippen molar-refractivity contribution in [3.63, 3.8) is 0 Å². The van der Waals surface area contributed by atoms with Crippen LogP contribution in [-0.4, -0.2) is 68.5 Å². The van der Waals surface area contributed by atoms with Crippen molar-refractivity contribution < 1.29 is 32.9 Å². The summed E-state index contributed by atoms with van der Waals surface area (Å²) in [6.07, 6.45) is 90.6. The van der Waals surface area contributed by atoms with Crippen LogP contribution < -0.4 is 10.2 Å². The number of carbonyl (C=O) groups excluding carboxylic acids is 1. The zero-order valence-corrected chi connectivity index (χ0v) is 59.7. The summed E-state index contributed by atoms with van der Waals surface area (Å²) < 4.78 is 23.5. The Morgan fingerprint density at radius 1 is 0.395 bits per heavy atom. The molecule has 2 N–H and O–H groups in total. The summed E-state index contributed by atoms with van der Waals surface area (Å²) in [5, 5.41) is 14.0. The Hall–Kier alpha value is -1.02. The van der Waals surface area contributed by atoms with E-state index in [9.17, 15) is 19.4 Å². The summed E-state index contributed by atoms with van der Waals surface area (Å²) >= 11 is 0. The SMILES string of the molecule is CCCCCCCCCCCCCCCCCCCCCCCCC/C=C/CC/C=C/C(O)C(COP(=O)([O-])OCC[N+](C)(C)C)NC(=O)CCCCCCCCCCCCCCCCCCCCCCCCCCCCCCCCCCCCC. The van der Waals surface area contributed by atoms with Crippen LogP contribution in [0.5, 0.6) is 0 Å².